The van der Waals surface area contributed by atoms with Crippen molar-refractivity contribution < 1.29 is 4.42 Å². The standard InChI is InChI=1S/C11H12N6O/c12-3-7-1-2-8(18-7)4-13-10-9-11(15-5-14-9)17-6-16-10/h1-2,5-6H,3-4,12H2,(H2,13,14,15,16,17). The van der Waals surface area contributed by atoms with Gasteiger partial charge in [0.25, 0.3) is 0 Å². The fourth-order valence-electron chi connectivity index (χ4n) is 1.69. The Morgan fingerprint density at radius 3 is 2.94 bits per heavy atom. The highest BCUT2D eigenvalue weighted by Crippen LogP contribution is 2.16. The van der Waals surface area contributed by atoms with Crippen LogP contribution in [0.3, 0.4) is 0 Å². The van der Waals surface area contributed by atoms with E-state index in [9.17, 15) is 0 Å². The van der Waals surface area contributed by atoms with Gasteiger partial charge in [-0.1, -0.05) is 0 Å². The van der Waals surface area contributed by atoms with Gasteiger partial charge < -0.3 is 20.5 Å². The largest absolute Gasteiger partial charge is 0.463 e. The normalized spacial score (nSPS) is 10.9. The van der Waals surface area contributed by atoms with Gasteiger partial charge in [0.2, 0.25) is 0 Å². The fraction of sp³-hybridized carbons (Fsp3) is 0.182. The topological polar surface area (TPSA) is 106 Å². The Balaban J connectivity index is 1.78. The molecule has 0 aliphatic carbocycles. The first kappa shape index (κ1) is 10.7. The van der Waals surface area contributed by atoms with Crippen LogP contribution in [0.5, 0.6) is 0 Å². The lowest BCUT2D eigenvalue weighted by molar-refractivity contribution is 0.473. The lowest BCUT2D eigenvalue weighted by atomic mass is 10.4. The van der Waals surface area contributed by atoms with Crippen LogP contribution in [0.15, 0.2) is 29.2 Å². The molecule has 3 heterocycles. The maximum Gasteiger partial charge on any atom is 0.162 e. The molecule has 0 aliphatic rings. The van der Waals surface area contributed by atoms with Gasteiger partial charge in [0.1, 0.15) is 23.4 Å². The second-order valence-corrected chi connectivity index (χ2v) is 3.75. The molecule has 0 bridgehead atoms. The van der Waals surface area contributed by atoms with E-state index in [1.165, 1.54) is 6.33 Å². The van der Waals surface area contributed by atoms with E-state index < -0.39 is 0 Å². The van der Waals surface area contributed by atoms with Crippen molar-refractivity contribution in [2.24, 2.45) is 5.73 Å². The minimum absolute atomic E-state index is 0.400. The van der Waals surface area contributed by atoms with Crippen molar-refractivity contribution in [2.45, 2.75) is 13.1 Å². The first-order valence-electron chi connectivity index (χ1n) is 5.52. The molecular weight excluding hydrogens is 232 g/mol. The third-order valence-electron chi connectivity index (χ3n) is 2.57. The number of imidazole rings is 1. The zero-order valence-corrected chi connectivity index (χ0v) is 9.55. The van der Waals surface area contributed by atoms with E-state index in [0.29, 0.717) is 30.1 Å². The predicted molar refractivity (Wildman–Crippen MR) is 65.6 cm³/mol. The van der Waals surface area contributed by atoms with Crippen LogP contribution in [-0.2, 0) is 13.1 Å². The number of furan rings is 1. The summed E-state index contributed by atoms with van der Waals surface area (Å²) in [6.07, 6.45) is 3.07. The Morgan fingerprint density at radius 1 is 1.22 bits per heavy atom. The average Bonchev–Trinajstić information content (AvgIpc) is 3.05. The molecule has 92 valence electrons. The van der Waals surface area contributed by atoms with Crippen molar-refractivity contribution in [2.75, 3.05) is 5.32 Å². The number of H-pyrrole nitrogens is 1. The molecule has 3 aromatic heterocycles. The van der Waals surface area contributed by atoms with Crippen LogP contribution in [0.1, 0.15) is 11.5 Å². The zero-order chi connectivity index (χ0) is 12.4. The summed E-state index contributed by atoms with van der Waals surface area (Å²) >= 11 is 0. The summed E-state index contributed by atoms with van der Waals surface area (Å²) in [6.45, 7) is 0.927. The summed E-state index contributed by atoms with van der Waals surface area (Å²) in [5.41, 5.74) is 6.90. The molecule has 0 saturated heterocycles. The van der Waals surface area contributed by atoms with E-state index in [4.69, 9.17) is 10.2 Å². The number of rotatable bonds is 4. The van der Waals surface area contributed by atoms with Gasteiger partial charge in [-0.05, 0) is 12.1 Å². The van der Waals surface area contributed by atoms with E-state index in [1.54, 1.807) is 6.33 Å². The van der Waals surface area contributed by atoms with Gasteiger partial charge in [0.05, 0.1) is 19.4 Å². The second kappa shape index (κ2) is 4.46. The molecule has 7 heteroatoms. The number of aromatic amines is 1. The van der Waals surface area contributed by atoms with Gasteiger partial charge >= 0.3 is 0 Å². The Hall–Kier alpha value is -2.41. The maximum absolute atomic E-state index is 5.49. The van der Waals surface area contributed by atoms with E-state index in [1.807, 2.05) is 12.1 Å². The van der Waals surface area contributed by atoms with Crippen LogP contribution in [0.25, 0.3) is 11.2 Å². The number of hydrogen-bond donors (Lipinski definition) is 3. The summed E-state index contributed by atoms with van der Waals surface area (Å²) in [7, 11) is 0. The third-order valence-corrected chi connectivity index (χ3v) is 2.57. The number of anilines is 1. The van der Waals surface area contributed by atoms with Crippen molar-refractivity contribution in [1.29, 1.82) is 0 Å². The molecule has 0 fully saturated rings. The summed E-state index contributed by atoms with van der Waals surface area (Å²) in [5, 5.41) is 3.16. The minimum Gasteiger partial charge on any atom is -0.463 e. The number of nitrogens with zero attached hydrogens (tertiary/aromatic N) is 3. The number of nitrogens with two attached hydrogens (primary N) is 1. The van der Waals surface area contributed by atoms with Crippen LogP contribution in [-0.4, -0.2) is 19.9 Å². The molecule has 0 aliphatic heterocycles. The SMILES string of the molecule is NCc1ccc(CNc2ncnc3[nH]cnc23)o1. The summed E-state index contributed by atoms with van der Waals surface area (Å²) in [4.78, 5) is 15.3. The number of fused-ring (bicyclic) bond motifs is 1. The Bertz CT molecular complexity index is 658. The molecule has 0 spiro atoms. The second-order valence-electron chi connectivity index (χ2n) is 3.75. The third kappa shape index (κ3) is 1.91. The highest BCUT2D eigenvalue weighted by atomic mass is 16.3. The van der Waals surface area contributed by atoms with Gasteiger partial charge in [-0.2, -0.15) is 0 Å². The first-order chi connectivity index (χ1) is 8.86. The van der Waals surface area contributed by atoms with Gasteiger partial charge in [-0.25, -0.2) is 15.0 Å². The van der Waals surface area contributed by atoms with Crippen LogP contribution >= 0.6 is 0 Å². The van der Waals surface area contributed by atoms with Crippen molar-refractivity contribution in [3.8, 4) is 0 Å². The van der Waals surface area contributed by atoms with E-state index >= 15 is 0 Å². The van der Waals surface area contributed by atoms with E-state index in [0.717, 1.165) is 11.5 Å². The molecule has 0 aromatic carbocycles. The van der Waals surface area contributed by atoms with E-state index in [-0.39, 0.29) is 0 Å². The van der Waals surface area contributed by atoms with Crippen molar-refractivity contribution >= 4 is 17.0 Å². The predicted octanol–water partition coefficient (Wildman–Crippen LogP) is 1.02. The van der Waals surface area contributed by atoms with Crippen molar-refractivity contribution in [3.63, 3.8) is 0 Å². The summed E-state index contributed by atoms with van der Waals surface area (Å²) in [6, 6.07) is 3.75. The monoisotopic (exact) mass is 244 g/mol. The van der Waals surface area contributed by atoms with Gasteiger partial charge in [-0.3, -0.25) is 0 Å². The molecule has 0 saturated carbocycles. The van der Waals surface area contributed by atoms with Crippen molar-refractivity contribution in [1.82, 2.24) is 19.9 Å². The number of nitrogens with one attached hydrogen (secondary N) is 2. The molecule has 0 amide bonds. The molecule has 7 nitrogen and oxygen atoms in total. The van der Waals surface area contributed by atoms with Crippen LogP contribution in [0.2, 0.25) is 0 Å². The quantitative estimate of drug-likeness (QED) is 0.632. The Labute approximate surface area is 102 Å². The van der Waals surface area contributed by atoms with Gasteiger partial charge in [0.15, 0.2) is 11.5 Å². The lowest BCUT2D eigenvalue weighted by Crippen LogP contribution is -2.01. The number of hydrogen-bond acceptors (Lipinski definition) is 6. The Kier molecular flexibility index (Phi) is 2.66. The molecule has 4 N–H and O–H groups in total. The molecule has 3 aromatic rings. The van der Waals surface area contributed by atoms with Crippen molar-refractivity contribution in [3.05, 3.63) is 36.3 Å². The molecule has 0 radical (unpaired) electrons. The zero-order valence-electron chi connectivity index (χ0n) is 9.55. The maximum atomic E-state index is 5.49. The smallest absolute Gasteiger partial charge is 0.162 e. The average molecular weight is 244 g/mol. The van der Waals surface area contributed by atoms with Crippen LogP contribution in [0, 0.1) is 0 Å². The molecule has 3 rings (SSSR count). The summed E-state index contributed by atoms with van der Waals surface area (Å²) < 4.78 is 5.49. The minimum atomic E-state index is 0.400. The number of aromatic nitrogens is 4. The molecule has 18 heavy (non-hydrogen) atoms. The Morgan fingerprint density at radius 2 is 2.11 bits per heavy atom. The molecule has 0 unspecified atom stereocenters. The summed E-state index contributed by atoms with van der Waals surface area (Å²) in [5.74, 6) is 2.24. The van der Waals surface area contributed by atoms with Gasteiger partial charge in [0, 0.05) is 0 Å². The van der Waals surface area contributed by atoms with E-state index in [2.05, 4.69) is 25.3 Å². The lowest BCUT2D eigenvalue weighted by Gasteiger charge is -2.03. The van der Waals surface area contributed by atoms with Gasteiger partial charge in [-0.15, -0.1) is 0 Å². The molecule has 0 atom stereocenters. The molecular formula is C11H12N6O. The highest BCUT2D eigenvalue weighted by Gasteiger charge is 2.06. The first-order valence-corrected chi connectivity index (χ1v) is 5.52. The van der Waals surface area contributed by atoms with Crippen LogP contribution in [0.4, 0.5) is 5.82 Å². The highest BCUT2D eigenvalue weighted by molar-refractivity contribution is 5.81. The fourth-order valence-corrected chi connectivity index (χ4v) is 1.69. The van der Waals surface area contributed by atoms with Crippen LogP contribution < -0.4 is 11.1 Å².